The molecule has 2 atom stereocenters. The van der Waals surface area contributed by atoms with Gasteiger partial charge in [-0.3, -0.25) is 0 Å². The van der Waals surface area contributed by atoms with E-state index in [2.05, 4.69) is 31.0 Å². The number of nitrogens with one attached hydrogen (secondary N) is 1. The van der Waals surface area contributed by atoms with Gasteiger partial charge in [0.1, 0.15) is 0 Å². The first kappa shape index (κ1) is 14.0. The summed E-state index contributed by atoms with van der Waals surface area (Å²) in [7, 11) is 0. The Labute approximate surface area is 102 Å². The molecule has 1 fully saturated rings. The minimum atomic E-state index is 0.778. The summed E-state index contributed by atoms with van der Waals surface area (Å²) in [5, 5.41) is 3.63. The Balaban J connectivity index is 2.42. The number of rotatable bonds is 7. The molecule has 16 heavy (non-hydrogen) atoms. The highest BCUT2D eigenvalue weighted by Crippen LogP contribution is 2.23. The van der Waals surface area contributed by atoms with Crippen LogP contribution in [0.3, 0.4) is 0 Å². The lowest BCUT2D eigenvalue weighted by molar-refractivity contribution is 0.139. The van der Waals surface area contributed by atoms with E-state index in [4.69, 9.17) is 0 Å². The molecule has 0 aromatic heterocycles. The van der Waals surface area contributed by atoms with Crippen molar-refractivity contribution < 1.29 is 0 Å². The molecule has 1 N–H and O–H groups in total. The first-order valence-corrected chi connectivity index (χ1v) is 7.29. The summed E-state index contributed by atoms with van der Waals surface area (Å²) < 4.78 is 0. The van der Waals surface area contributed by atoms with Gasteiger partial charge in [0.2, 0.25) is 0 Å². The molecule has 96 valence electrons. The molecule has 1 aliphatic carbocycles. The summed E-state index contributed by atoms with van der Waals surface area (Å²) in [6.07, 6.45) is 8.17. The highest BCUT2D eigenvalue weighted by Gasteiger charge is 2.25. The van der Waals surface area contributed by atoms with Crippen LogP contribution in [-0.4, -0.2) is 36.6 Å². The fourth-order valence-corrected chi connectivity index (χ4v) is 3.02. The molecule has 1 saturated carbocycles. The summed E-state index contributed by atoms with van der Waals surface area (Å²) >= 11 is 0. The zero-order chi connectivity index (χ0) is 11.8. The first-order valence-electron chi connectivity index (χ1n) is 7.29. The van der Waals surface area contributed by atoms with E-state index in [9.17, 15) is 0 Å². The number of hydrogen-bond donors (Lipinski definition) is 1. The summed E-state index contributed by atoms with van der Waals surface area (Å²) in [5.41, 5.74) is 0. The Morgan fingerprint density at radius 3 is 2.31 bits per heavy atom. The van der Waals surface area contributed by atoms with Gasteiger partial charge in [-0.05, 0) is 51.7 Å². The fourth-order valence-electron chi connectivity index (χ4n) is 3.02. The van der Waals surface area contributed by atoms with Crippen LogP contribution in [0.1, 0.15) is 59.3 Å². The van der Waals surface area contributed by atoms with Crippen LogP contribution in [0.2, 0.25) is 0 Å². The molecule has 2 unspecified atom stereocenters. The van der Waals surface area contributed by atoms with Crippen LogP contribution in [0.25, 0.3) is 0 Å². The van der Waals surface area contributed by atoms with E-state index in [0.717, 1.165) is 18.6 Å². The van der Waals surface area contributed by atoms with Gasteiger partial charge in [-0.25, -0.2) is 0 Å². The van der Waals surface area contributed by atoms with Crippen molar-refractivity contribution in [3.63, 3.8) is 0 Å². The fraction of sp³-hybridized carbons (Fsp3) is 1.00. The second kappa shape index (κ2) is 8.08. The van der Waals surface area contributed by atoms with Crippen LogP contribution in [-0.2, 0) is 0 Å². The van der Waals surface area contributed by atoms with Crippen LogP contribution in [0, 0.1) is 0 Å². The average molecular weight is 226 g/mol. The molecule has 0 aromatic carbocycles. The lowest BCUT2D eigenvalue weighted by Gasteiger charge is -2.37. The largest absolute Gasteiger partial charge is 0.314 e. The topological polar surface area (TPSA) is 15.3 Å². The highest BCUT2D eigenvalue weighted by molar-refractivity contribution is 4.83. The molecule has 0 saturated heterocycles. The van der Waals surface area contributed by atoms with Crippen molar-refractivity contribution in [1.29, 1.82) is 0 Å². The maximum atomic E-state index is 3.63. The number of nitrogens with zero attached hydrogens (tertiary/aromatic N) is 1. The maximum Gasteiger partial charge on any atom is 0.0110 e. The molecule has 0 radical (unpaired) electrons. The Morgan fingerprint density at radius 1 is 1.06 bits per heavy atom. The van der Waals surface area contributed by atoms with Gasteiger partial charge in [0.05, 0.1) is 0 Å². The summed E-state index contributed by atoms with van der Waals surface area (Å²) in [4.78, 5) is 2.73. The number of hydrogen-bond acceptors (Lipinski definition) is 2. The monoisotopic (exact) mass is 226 g/mol. The molecule has 1 rings (SSSR count). The minimum absolute atomic E-state index is 0.778. The minimum Gasteiger partial charge on any atom is -0.314 e. The predicted octanol–water partition coefficient (Wildman–Crippen LogP) is 3.03. The van der Waals surface area contributed by atoms with Crippen LogP contribution < -0.4 is 5.32 Å². The molecule has 2 nitrogen and oxygen atoms in total. The maximum absolute atomic E-state index is 3.63. The van der Waals surface area contributed by atoms with Crippen LogP contribution in [0.5, 0.6) is 0 Å². The standard InChI is InChI=1S/C14H30N2/c1-4-10-16(11-5-2)14-9-7-8-13(12-14)15-6-3/h13-15H,4-12H2,1-3H3. The summed E-state index contributed by atoms with van der Waals surface area (Å²) in [6.45, 7) is 10.5. The van der Waals surface area contributed by atoms with Crippen molar-refractivity contribution in [2.75, 3.05) is 19.6 Å². The van der Waals surface area contributed by atoms with Crippen molar-refractivity contribution in [2.24, 2.45) is 0 Å². The van der Waals surface area contributed by atoms with Crippen molar-refractivity contribution in [3.05, 3.63) is 0 Å². The molecule has 0 spiro atoms. The van der Waals surface area contributed by atoms with E-state index in [-0.39, 0.29) is 0 Å². The molecule has 0 aliphatic heterocycles. The molecule has 0 heterocycles. The van der Waals surface area contributed by atoms with Crippen LogP contribution in [0.4, 0.5) is 0 Å². The van der Waals surface area contributed by atoms with Gasteiger partial charge in [-0.2, -0.15) is 0 Å². The summed E-state index contributed by atoms with van der Waals surface area (Å²) in [5.74, 6) is 0. The van der Waals surface area contributed by atoms with Gasteiger partial charge in [0.25, 0.3) is 0 Å². The van der Waals surface area contributed by atoms with Gasteiger partial charge >= 0.3 is 0 Å². The van der Waals surface area contributed by atoms with Gasteiger partial charge in [0, 0.05) is 12.1 Å². The Hall–Kier alpha value is -0.0800. The van der Waals surface area contributed by atoms with Crippen molar-refractivity contribution in [1.82, 2.24) is 10.2 Å². The molecular weight excluding hydrogens is 196 g/mol. The van der Waals surface area contributed by atoms with Crippen LogP contribution in [0.15, 0.2) is 0 Å². The first-order chi connectivity index (χ1) is 7.81. The molecule has 1 aliphatic rings. The third-order valence-electron chi connectivity index (χ3n) is 3.68. The molecule has 0 aromatic rings. The molecule has 2 heteroatoms. The van der Waals surface area contributed by atoms with Crippen molar-refractivity contribution in [2.45, 2.75) is 71.4 Å². The van der Waals surface area contributed by atoms with Gasteiger partial charge in [-0.15, -0.1) is 0 Å². The quantitative estimate of drug-likeness (QED) is 0.718. The molecular formula is C14H30N2. The van der Waals surface area contributed by atoms with Crippen LogP contribution >= 0.6 is 0 Å². The zero-order valence-corrected chi connectivity index (χ0v) is 11.5. The third kappa shape index (κ3) is 4.42. The smallest absolute Gasteiger partial charge is 0.0110 e. The van der Waals surface area contributed by atoms with E-state index in [1.54, 1.807) is 0 Å². The third-order valence-corrected chi connectivity index (χ3v) is 3.68. The zero-order valence-electron chi connectivity index (χ0n) is 11.5. The van der Waals surface area contributed by atoms with Gasteiger partial charge in [-0.1, -0.05) is 27.2 Å². The molecule has 0 bridgehead atoms. The lowest BCUT2D eigenvalue weighted by atomic mass is 9.89. The lowest BCUT2D eigenvalue weighted by Crippen LogP contribution is -2.44. The summed E-state index contributed by atoms with van der Waals surface area (Å²) in [6, 6.07) is 1.62. The molecule has 0 amide bonds. The van der Waals surface area contributed by atoms with E-state index in [0.29, 0.717) is 0 Å². The Bertz CT molecular complexity index is 162. The van der Waals surface area contributed by atoms with E-state index in [1.807, 2.05) is 0 Å². The SMILES string of the molecule is CCCN(CCC)C1CCCC(NCC)C1. The Morgan fingerprint density at radius 2 is 1.75 bits per heavy atom. The van der Waals surface area contributed by atoms with E-state index < -0.39 is 0 Å². The van der Waals surface area contributed by atoms with E-state index >= 15 is 0 Å². The normalized spacial score (nSPS) is 26.2. The van der Waals surface area contributed by atoms with E-state index in [1.165, 1.54) is 51.6 Å². The van der Waals surface area contributed by atoms with Gasteiger partial charge < -0.3 is 10.2 Å². The predicted molar refractivity (Wildman–Crippen MR) is 71.9 cm³/mol. The Kier molecular flexibility index (Phi) is 7.06. The van der Waals surface area contributed by atoms with Gasteiger partial charge in [0.15, 0.2) is 0 Å². The second-order valence-electron chi connectivity index (χ2n) is 5.11. The highest BCUT2D eigenvalue weighted by atomic mass is 15.2. The van der Waals surface area contributed by atoms with Crippen molar-refractivity contribution in [3.8, 4) is 0 Å². The second-order valence-corrected chi connectivity index (χ2v) is 5.11. The average Bonchev–Trinajstić information content (AvgIpc) is 2.30. The van der Waals surface area contributed by atoms with Crippen molar-refractivity contribution >= 4 is 0 Å².